The minimum absolute atomic E-state index is 0.342. The predicted molar refractivity (Wildman–Crippen MR) is 152 cm³/mol. The summed E-state index contributed by atoms with van der Waals surface area (Å²) in [4.78, 5) is 0. The molecule has 0 heteroatoms. The Morgan fingerprint density at radius 3 is 1.74 bits per heavy atom. The smallest absolute Gasteiger partial charge is 0.00706 e. The fraction of sp³-hybridized carbons (Fsp3) is 0.0857. The third kappa shape index (κ3) is 3.29. The number of allylic oxidation sites excluding steroid dienone is 4. The quantitative estimate of drug-likeness (QED) is 0.232. The fourth-order valence-corrected chi connectivity index (χ4v) is 6.09. The van der Waals surface area contributed by atoms with E-state index in [0.29, 0.717) is 5.92 Å². The zero-order chi connectivity index (χ0) is 23.4. The second kappa shape index (κ2) is 7.96. The lowest BCUT2D eigenvalue weighted by atomic mass is 9.79. The van der Waals surface area contributed by atoms with Gasteiger partial charge in [0.15, 0.2) is 0 Å². The Kier molecular flexibility index (Phi) is 4.60. The SMILES string of the molecule is CC1=CC(c2cc3ccccc3c3ccccc23)CC(c2cc3ccccc3c3ccccc23)=C1. The zero-order valence-corrected chi connectivity index (χ0v) is 19.8. The first-order chi connectivity index (χ1) is 17.3. The minimum Gasteiger partial charge on any atom is -0.0737 e. The second-order valence-corrected chi connectivity index (χ2v) is 9.81. The lowest BCUT2D eigenvalue weighted by Crippen LogP contribution is -2.04. The van der Waals surface area contributed by atoms with Gasteiger partial charge in [0, 0.05) is 5.92 Å². The van der Waals surface area contributed by atoms with Crippen LogP contribution in [0.15, 0.2) is 127 Å². The maximum absolute atomic E-state index is 2.46. The van der Waals surface area contributed by atoms with Crippen LogP contribution in [0.5, 0.6) is 0 Å². The summed E-state index contributed by atoms with van der Waals surface area (Å²) in [5.41, 5.74) is 5.55. The van der Waals surface area contributed by atoms with E-state index < -0.39 is 0 Å². The zero-order valence-electron chi connectivity index (χ0n) is 19.8. The molecule has 0 saturated heterocycles. The molecule has 1 atom stereocenters. The van der Waals surface area contributed by atoms with Crippen molar-refractivity contribution in [1.82, 2.24) is 0 Å². The highest BCUT2D eigenvalue weighted by atomic mass is 14.3. The molecule has 0 heterocycles. The van der Waals surface area contributed by atoms with Crippen LogP contribution in [0.25, 0.3) is 48.7 Å². The van der Waals surface area contributed by atoms with Crippen LogP contribution in [-0.4, -0.2) is 0 Å². The molecule has 6 aromatic carbocycles. The van der Waals surface area contributed by atoms with Gasteiger partial charge in [0.2, 0.25) is 0 Å². The first-order valence-electron chi connectivity index (χ1n) is 12.5. The van der Waals surface area contributed by atoms with Crippen molar-refractivity contribution in [3.63, 3.8) is 0 Å². The molecule has 1 aliphatic rings. The van der Waals surface area contributed by atoms with Crippen LogP contribution in [0.2, 0.25) is 0 Å². The number of hydrogen-bond acceptors (Lipinski definition) is 0. The summed E-state index contributed by atoms with van der Waals surface area (Å²) in [6.07, 6.45) is 5.86. The molecule has 7 rings (SSSR count). The summed E-state index contributed by atoms with van der Waals surface area (Å²) in [6, 6.07) is 40.2. The predicted octanol–water partition coefficient (Wildman–Crippen LogP) is 9.82. The van der Waals surface area contributed by atoms with Crippen molar-refractivity contribution in [1.29, 1.82) is 0 Å². The first-order valence-corrected chi connectivity index (χ1v) is 12.5. The lowest BCUT2D eigenvalue weighted by molar-refractivity contribution is 0.868. The third-order valence-electron chi connectivity index (χ3n) is 7.62. The summed E-state index contributed by atoms with van der Waals surface area (Å²) >= 11 is 0. The maximum atomic E-state index is 2.46. The van der Waals surface area contributed by atoms with Gasteiger partial charge < -0.3 is 0 Å². The van der Waals surface area contributed by atoms with Gasteiger partial charge in [0.05, 0.1) is 0 Å². The second-order valence-electron chi connectivity index (χ2n) is 9.81. The van der Waals surface area contributed by atoms with Crippen molar-refractivity contribution in [3.05, 3.63) is 138 Å². The summed E-state index contributed by atoms with van der Waals surface area (Å²) < 4.78 is 0. The minimum atomic E-state index is 0.342. The lowest BCUT2D eigenvalue weighted by Gasteiger charge is -2.25. The highest BCUT2D eigenvalue weighted by Gasteiger charge is 2.21. The normalized spacial score (nSPS) is 16.1. The number of benzene rings is 6. The fourth-order valence-electron chi connectivity index (χ4n) is 6.09. The summed E-state index contributed by atoms with van der Waals surface area (Å²) in [7, 11) is 0. The Morgan fingerprint density at radius 1 is 0.543 bits per heavy atom. The van der Waals surface area contributed by atoms with E-state index in [2.05, 4.69) is 128 Å². The van der Waals surface area contributed by atoms with Crippen molar-refractivity contribution >= 4 is 48.7 Å². The molecular weight excluding hydrogens is 420 g/mol. The van der Waals surface area contributed by atoms with E-state index in [4.69, 9.17) is 0 Å². The van der Waals surface area contributed by atoms with E-state index in [-0.39, 0.29) is 0 Å². The molecule has 0 radical (unpaired) electrons. The molecule has 0 bridgehead atoms. The molecule has 1 unspecified atom stereocenters. The van der Waals surface area contributed by atoms with Crippen LogP contribution in [0.1, 0.15) is 30.4 Å². The van der Waals surface area contributed by atoms with Crippen LogP contribution in [-0.2, 0) is 0 Å². The van der Waals surface area contributed by atoms with Gasteiger partial charge in [-0.2, -0.15) is 0 Å². The van der Waals surface area contributed by atoms with Gasteiger partial charge in [0.1, 0.15) is 0 Å². The van der Waals surface area contributed by atoms with Crippen LogP contribution in [0.4, 0.5) is 0 Å². The molecule has 0 spiro atoms. The molecule has 0 N–H and O–H groups in total. The van der Waals surface area contributed by atoms with Gasteiger partial charge in [-0.1, -0.05) is 115 Å². The van der Waals surface area contributed by atoms with E-state index in [1.807, 2.05) is 0 Å². The highest BCUT2D eigenvalue weighted by Crippen LogP contribution is 2.43. The molecule has 35 heavy (non-hydrogen) atoms. The van der Waals surface area contributed by atoms with Crippen LogP contribution in [0.3, 0.4) is 0 Å². The molecule has 0 nitrogen and oxygen atoms in total. The average Bonchev–Trinajstić information content (AvgIpc) is 2.92. The molecule has 6 aromatic rings. The van der Waals surface area contributed by atoms with Gasteiger partial charge in [-0.25, -0.2) is 0 Å². The molecule has 0 amide bonds. The number of fused-ring (bicyclic) bond motifs is 6. The van der Waals surface area contributed by atoms with Crippen molar-refractivity contribution in [3.8, 4) is 0 Å². The summed E-state index contributed by atoms with van der Waals surface area (Å²) in [5.74, 6) is 0.342. The molecular formula is C35H26. The third-order valence-corrected chi connectivity index (χ3v) is 7.62. The van der Waals surface area contributed by atoms with E-state index in [1.54, 1.807) is 0 Å². The van der Waals surface area contributed by atoms with E-state index in [1.165, 1.54) is 65.4 Å². The Morgan fingerprint density at radius 2 is 1.06 bits per heavy atom. The van der Waals surface area contributed by atoms with Crippen LogP contribution < -0.4 is 0 Å². The van der Waals surface area contributed by atoms with Gasteiger partial charge in [-0.15, -0.1) is 0 Å². The average molecular weight is 447 g/mol. The molecule has 1 aliphatic carbocycles. The molecule has 166 valence electrons. The van der Waals surface area contributed by atoms with E-state index in [9.17, 15) is 0 Å². The first kappa shape index (κ1) is 20.2. The van der Waals surface area contributed by atoms with Gasteiger partial charge in [-0.05, 0) is 85.3 Å². The van der Waals surface area contributed by atoms with Crippen LogP contribution >= 0.6 is 0 Å². The van der Waals surface area contributed by atoms with Crippen molar-refractivity contribution in [2.75, 3.05) is 0 Å². The number of rotatable bonds is 2. The standard InChI is InChI=1S/C35H26/c1-23-18-26(34-21-24-10-2-4-12-28(24)30-14-6-8-16-32(30)34)20-27(19-23)35-22-25-11-3-5-13-29(25)31-15-7-9-17-33(31)35/h2-19,21-22,26H,20H2,1H3. The summed E-state index contributed by atoms with van der Waals surface area (Å²) in [5, 5.41) is 10.7. The Hall–Kier alpha value is -4.16. The molecule has 0 aromatic heterocycles. The van der Waals surface area contributed by atoms with Gasteiger partial charge >= 0.3 is 0 Å². The Balaban J connectivity index is 1.42. The molecule has 0 fully saturated rings. The maximum Gasteiger partial charge on any atom is 0.00706 e. The van der Waals surface area contributed by atoms with Gasteiger partial charge in [-0.3, -0.25) is 0 Å². The largest absolute Gasteiger partial charge is 0.0737 e. The molecule has 0 saturated carbocycles. The van der Waals surface area contributed by atoms with Crippen molar-refractivity contribution in [2.45, 2.75) is 19.3 Å². The molecule has 0 aliphatic heterocycles. The van der Waals surface area contributed by atoms with E-state index in [0.717, 1.165) is 6.42 Å². The monoisotopic (exact) mass is 446 g/mol. The highest BCUT2D eigenvalue weighted by molar-refractivity contribution is 6.12. The Labute approximate surface area is 205 Å². The van der Waals surface area contributed by atoms with Crippen molar-refractivity contribution in [2.24, 2.45) is 0 Å². The Bertz CT molecular complexity index is 1830. The van der Waals surface area contributed by atoms with Gasteiger partial charge in [0.25, 0.3) is 0 Å². The summed E-state index contributed by atoms with van der Waals surface area (Å²) in [6.45, 7) is 2.25. The topological polar surface area (TPSA) is 0 Å². The van der Waals surface area contributed by atoms with Crippen molar-refractivity contribution < 1.29 is 0 Å². The van der Waals surface area contributed by atoms with E-state index >= 15 is 0 Å². The van der Waals surface area contributed by atoms with Crippen LogP contribution in [0, 0.1) is 0 Å². The number of hydrogen-bond donors (Lipinski definition) is 0.